The number of carbonyl (C=O) groups excluding carboxylic acids is 3. The number of hydrazine groups is 1. The summed E-state index contributed by atoms with van der Waals surface area (Å²) in [6.07, 6.45) is 0.151. The van der Waals surface area contributed by atoms with Crippen LogP contribution >= 0.6 is 0 Å². The summed E-state index contributed by atoms with van der Waals surface area (Å²) in [5.41, 5.74) is 8.41. The van der Waals surface area contributed by atoms with E-state index in [-0.39, 0.29) is 31.1 Å². The molecule has 0 radical (unpaired) electrons. The molecule has 0 saturated heterocycles. The molecular formula is C24H25N3O3. The second-order valence-corrected chi connectivity index (χ2v) is 7.28. The molecule has 0 heterocycles. The van der Waals surface area contributed by atoms with Gasteiger partial charge in [0.1, 0.15) is 0 Å². The summed E-state index contributed by atoms with van der Waals surface area (Å²) in [7, 11) is 0. The van der Waals surface area contributed by atoms with Crippen LogP contribution in [0, 0.1) is 13.8 Å². The van der Waals surface area contributed by atoms with E-state index < -0.39 is 5.91 Å². The number of carbonyl (C=O) groups is 3. The molecule has 154 valence electrons. The molecule has 3 N–H and O–H groups in total. The topological polar surface area (TPSA) is 87.3 Å². The van der Waals surface area contributed by atoms with Crippen molar-refractivity contribution in [3.8, 4) is 0 Å². The summed E-state index contributed by atoms with van der Waals surface area (Å²) in [4.78, 5) is 36.3. The van der Waals surface area contributed by atoms with Crippen molar-refractivity contribution < 1.29 is 14.4 Å². The second kappa shape index (κ2) is 9.69. The van der Waals surface area contributed by atoms with Gasteiger partial charge in [-0.15, -0.1) is 0 Å². The smallest absolute Gasteiger partial charge is 0.242 e. The van der Waals surface area contributed by atoms with Crippen molar-refractivity contribution in [3.63, 3.8) is 0 Å². The number of fused-ring (bicyclic) bond motifs is 1. The van der Waals surface area contributed by atoms with Crippen molar-refractivity contribution >= 4 is 34.2 Å². The third kappa shape index (κ3) is 5.67. The van der Waals surface area contributed by atoms with Crippen LogP contribution in [0.2, 0.25) is 0 Å². The van der Waals surface area contributed by atoms with E-state index in [1.807, 2.05) is 74.5 Å². The Hall–Kier alpha value is -3.67. The number of benzene rings is 3. The summed E-state index contributed by atoms with van der Waals surface area (Å²) in [6.45, 7) is 3.86. The van der Waals surface area contributed by atoms with Crippen molar-refractivity contribution in [1.82, 2.24) is 10.9 Å². The molecule has 0 saturated carbocycles. The van der Waals surface area contributed by atoms with Crippen LogP contribution in [0.4, 0.5) is 5.69 Å². The normalized spacial score (nSPS) is 10.5. The van der Waals surface area contributed by atoms with E-state index in [1.165, 1.54) is 0 Å². The highest BCUT2D eigenvalue weighted by molar-refractivity contribution is 5.94. The molecule has 3 aromatic carbocycles. The van der Waals surface area contributed by atoms with Crippen LogP contribution in [-0.2, 0) is 20.8 Å². The fraction of sp³-hybridized carbons (Fsp3) is 0.208. The summed E-state index contributed by atoms with van der Waals surface area (Å²) >= 11 is 0. The van der Waals surface area contributed by atoms with Crippen LogP contribution in [0.1, 0.15) is 29.5 Å². The van der Waals surface area contributed by atoms with Gasteiger partial charge in [0.15, 0.2) is 0 Å². The molecule has 0 atom stereocenters. The van der Waals surface area contributed by atoms with E-state index >= 15 is 0 Å². The van der Waals surface area contributed by atoms with E-state index in [0.29, 0.717) is 0 Å². The Bertz CT molecular complexity index is 1090. The number of hydrogen-bond donors (Lipinski definition) is 3. The zero-order valence-electron chi connectivity index (χ0n) is 17.1. The molecular weight excluding hydrogens is 378 g/mol. The number of hydrogen-bond acceptors (Lipinski definition) is 3. The van der Waals surface area contributed by atoms with Gasteiger partial charge in [-0.1, -0.05) is 54.6 Å². The SMILES string of the molecule is Cc1ccc(C)c(NC(=O)CCC(=O)NNC(=O)Cc2cccc3ccccc23)c1. The average molecular weight is 403 g/mol. The standard InChI is InChI=1S/C24H25N3O3/c1-16-10-11-17(2)21(14-16)25-22(28)12-13-23(29)26-27-24(30)15-19-8-5-7-18-6-3-4-9-20(18)19/h3-11,14H,12-13,15H2,1-2H3,(H,25,28)(H,26,29)(H,27,30). The quantitative estimate of drug-likeness (QED) is 0.550. The Kier molecular flexibility index (Phi) is 6.80. The molecule has 30 heavy (non-hydrogen) atoms. The Balaban J connectivity index is 1.44. The van der Waals surface area contributed by atoms with Crippen molar-refractivity contribution in [2.24, 2.45) is 0 Å². The van der Waals surface area contributed by atoms with E-state index in [4.69, 9.17) is 0 Å². The lowest BCUT2D eigenvalue weighted by Crippen LogP contribution is -2.42. The first kappa shape index (κ1) is 21.0. The fourth-order valence-corrected chi connectivity index (χ4v) is 3.18. The van der Waals surface area contributed by atoms with Crippen LogP contribution in [-0.4, -0.2) is 17.7 Å². The maximum Gasteiger partial charge on any atom is 0.242 e. The van der Waals surface area contributed by atoms with Crippen LogP contribution in [0.25, 0.3) is 10.8 Å². The molecule has 6 nitrogen and oxygen atoms in total. The van der Waals surface area contributed by atoms with Gasteiger partial charge in [0.05, 0.1) is 6.42 Å². The van der Waals surface area contributed by atoms with Crippen LogP contribution in [0.15, 0.2) is 60.7 Å². The minimum atomic E-state index is -0.419. The fourth-order valence-electron chi connectivity index (χ4n) is 3.18. The Morgan fingerprint density at radius 1 is 0.767 bits per heavy atom. The number of aryl methyl sites for hydroxylation is 2. The van der Waals surface area contributed by atoms with Gasteiger partial charge in [0.2, 0.25) is 17.7 Å². The molecule has 0 aliphatic rings. The largest absolute Gasteiger partial charge is 0.326 e. The van der Waals surface area contributed by atoms with Crippen molar-refractivity contribution in [1.29, 1.82) is 0 Å². The van der Waals surface area contributed by atoms with Gasteiger partial charge >= 0.3 is 0 Å². The third-order valence-electron chi connectivity index (χ3n) is 4.82. The summed E-state index contributed by atoms with van der Waals surface area (Å²) in [5.74, 6) is -0.988. The third-order valence-corrected chi connectivity index (χ3v) is 4.82. The second-order valence-electron chi connectivity index (χ2n) is 7.28. The highest BCUT2D eigenvalue weighted by atomic mass is 16.2. The average Bonchev–Trinajstić information content (AvgIpc) is 2.73. The highest BCUT2D eigenvalue weighted by Crippen LogP contribution is 2.19. The summed E-state index contributed by atoms with van der Waals surface area (Å²) in [6, 6.07) is 19.4. The molecule has 6 heteroatoms. The zero-order valence-corrected chi connectivity index (χ0v) is 17.1. The highest BCUT2D eigenvalue weighted by Gasteiger charge is 2.11. The van der Waals surface area contributed by atoms with E-state index in [2.05, 4.69) is 16.2 Å². The minimum Gasteiger partial charge on any atom is -0.326 e. The van der Waals surface area contributed by atoms with E-state index in [1.54, 1.807) is 0 Å². The molecule has 0 aliphatic carbocycles. The maximum atomic E-state index is 12.2. The lowest BCUT2D eigenvalue weighted by atomic mass is 10.0. The van der Waals surface area contributed by atoms with E-state index in [9.17, 15) is 14.4 Å². The number of anilines is 1. The van der Waals surface area contributed by atoms with Crippen molar-refractivity contribution in [2.45, 2.75) is 33.1 Å². The maximum absolute atomic E-state index is 12.2. The predicted octanol–water partition coefficient (Wildman–Crippen LogP) is 3.57. The van der Waals surface area contributed by atoms with Gasteiger partial charge in [-0.05, 0) is 47.4 Å². The molecule has 0 spiro atoms. The molecule has 0 bridgehead atoms. The first-order valence-electron chi connectivity index (χ1n) is 9.84. The van der Waals surface area contributed by atoms with Gasteiger partial charge in [0, 0.05) is 18.5 Å². The number of amides is 3. The lowest BCUT2D eigenvalue weighted by molar-refractivity contribution is -0.129. The molecule has 0 unspecified atom stereocenters. The van der Waals surface area contributed by atoms with Crippen molar-refractivity contribution in [2.75, 3.05) is 5.32 Å². The first-order valence-corrected chi connectivity index (χ1v) is 9.84. The summed E-state index contributed by atoms with van der Waals surface area (Å²) in [5, 5.41) is 4.88. The first-order chi connectivity index (χ1) is 14.4. The van der Waals surface area contributed by atoms with Gasteiger partial charge < -0.3 is 5.32 Å². The van der Waals surface area contributed by atoms with Gasteiger partial charge in [-0.3, -0.25) is 25.2 Å². The molecule has 0 aliphatic heterocycles. The number of nitrogens with one attached hydrogen (secondary N) is 3. The zero-order chi connectivity index (χ0) is 21.5. The monoisotopic (exact) mass is 403 g/mol. The Morgan fingerprint density at radius 3 is 2.30 bits per heavy atom. The Labute approximate surface area is 175 Å². The van der Waals surface area contributed by atoms with Gasteiger partial charge in [-0.25, -0.2) is 0 Å². The molecule has 0 aromatic heterocycles. The van der Waals surface area contributed by atoms with E-state index in [0.717, 1.165) is 33.2 Å². The van der Waals surface area contributed by atoms with Crippen molar-refractivity contribution in [3.05, 3.63) is 77.4 Å². The molecule has 3 rings (SSSR count). The van der Waals surface area contributed by atoms with Crippen LogP contribution < -0.4 is 16.2 Å². The minimum absolute atomic E-state index is 0.0226. The van der Waals surface area contributed by atoms with Gasteiger partial charge in [0.25, 0.3) is 0 Å². The molecule has 3 amide bonds. The summed E-state index contributed by atoms with van der Waals surface area (Å²) < 4.78 is 0. The lowest BCUT2D eigenvalue weighted by Gasteiger charge is -2.10. The molecule has 3 aromatic rings. The predicted molar refractivity (Wildman–Crippen MR) is 118 cm³/mol. The van der Waals surface area contributed by atoms with Crippen LogP contribution in [0.3, 0.4) is 0 Å². The molecule has 0 fully saturated rings. The van der Waals surface area contributed by atoms with Gasteiger partial charge in [-0.2, -0.15) is 0 Å². The number of rotatable bonds is 6. The Morgan fingerprint density at radius 2 is 1.47 bits per heavy atom. The van der Waals surface area contributed by atoms with Crippen LogP contribution in [0.5, 0.6) is 0 Å².